The van der Waals surface area contributed by atoms with E-state index in [0.29, 0.717) is 0 Å². The molecule has 0 atom stereocenters. The molecular formula is CH4Br2OZn. The van der Waals surface area contributed by atoms with Crippen molar-refractivity contribution in [2.45, 2.75) is 0 Å². The fourth-order valence-electron chi connectivity index (χ4n) is 0. The van der Waals surface area contributed by atoms with Gasteiger partial charge in [0.2, 0.25) is 0 Å². The molecule has 0 saturated carbocycles. The van der Waals surface area contributed by atoms with Crippen molar-refractivity contribution in [2.75, 3.05) is 7.11 Å². The van der Waals surface area contributed by atoms with Gasteiger partial charge >= 0.3 is 40.5 Å². The average molecular weight is 257 g/mol. The van der Waals surface area contributed by atoms with Crippen LogP contribution >= 0.6 is 27.2 Å². The summed E-state index contributed by atoms with van der Waals surface area (Å²) in [6.45, 7) is 0. The molecule has 0 amide bonds. The zero-order chi connectivity index (χ0) is 4.71. The number of rotatable bonds is 0. The molecule has 0 radical (unpaired) electrons. The number of hydrogen-bond donors (Lipinski definition) is 1. The van der Waals surface area contributed by atoms with Gasteiger partial charge in [-0.25, -0.2) is 0 Å². The van der Waals surface area contributed by atoms with E-state index in [1.54, 1.807) is 0 Å². The molecule has 4 heteroatoms. The molecule has 0 aliphatic rings. The Bertz CT molecular complexity index is 9.61. The molecule has 0 aromatic heterocycles. The third-order valence-corrected chi connectivity index (χ3v) is 0. The molecule has 0 rings (SSSR count). The molecule has 0 saturated heterocycles. The molecule has 30 valence electrons. The summed E-state index contributed by atoms with van der Waals surface area (Å²) in [5.74, 6) is 0. The molecule has 5 heavy (non-hydrogen) atoms. The monoisotopic (exact) mass is 254 g/mol. The minimum absolute atomic E-state index is 0.250. The van der Waals surface area contributed by atoms with Crippen molar-refractivity contribution in [2.24, 2.45) is 0 Å². The summed E-state index contributed by atoms with van der Waals surface area (Å²) in [5, 5.41) is 7.00. The van der Waals surface area contributed by atoms with Crippen LogP contribution in [0.4, 0.5) is 0 Å². The Morgan fingerprint density at radius 3 is 1.40 bits per heavy atom. The third kappa shape index (κ3) is 29.2. The van der Waals surface area contributed by atoms with Gasteiger partial charge in [-0.2, -0.15) is 0 Å². The van der Waals surface area contributed by atoms with Crippen LogP contribution < -0.4 is 0 Å². The summed E-state index contributed by atoms with van der Waals surface area (Å²) in [4.78, 5) is 0. The topological polar surface area (TPSA) is 20.2 Å². The first-order chi connectivity index (χ1) is 2.41. The Hall–Kier alpha value is 1.54. The Labute approximate surface area is 52.5 Å². The van der Waals surface area contributed by atoms with Gasteiger partial charge in [0.05, 0.1) is 0 Å². The number of aliphatic hydroxyl groups excluding tert-OH is 1. The molecule has 1 nitrogen and oxygen atoms in total. The Kier molecular flexibility index (Phi) is 34.5. The maximum absolute atomic E-state index is 7.00. The standard InChI is InChI=1S/CH4O.2BrH.Zn/c1-2;;;/h2H,1H3;2*1H;/q;;;+2/p-2. The summed E-state index contributed by atoms with van der Waals surface area (Å²) in [6, 6.07) is 0. The number of halogens is 2. The van der Waals surface area contributed by atoms with E-state index in [9.17, 15) is 0 Å². The molecule has 0 spiro atoms. The minimum atomic E-state index is -0.250. The fourth-order valence-corrected chi connectivity index (χ4v) is 0. The van der Waals surface area contributed by atoms with Crippen LogP contribution in [0.2, 0.25) is 0 Å². The van der Waals surface area contributed by atoms with Crippen LogP contribution in [0.5, 0.6) is 0 Å². The molecule has 0 bridgehead atoms. The fraction of sp³-hybridized carbons (Fsp3) is 1.00. The Balaban J connectivity index is 0. The van der Waals surface area contributed by atoms with E-state index in [1.165, 1.54) is 0 Å². The van der Waals surface area contributed by atoms with Crippen molar-refractivity contribution in [3.63, 3.8) is 0 Å². The van der Waals surface area contributed by atoms with E-state index in [4.69, 9.17) is 5.11 Å². The van der Waals surface area contributed by atoms with Gasteiger partial charge in [-0.15, -0.1) is 0 Å². The second-order valence-corrected chi connectivity index (χ2v) is 14.2. The summed E-state index contributed by atoms with van der Waals surface area (Å²) < 4.78 is 0. The average Bonchev–Trinajstić information content (AvgIpc) is 1.46. The summed E-state index contributed by atoms with van der Waals surface area (Å²) in [6.07, 6.45) is 0. The summed E-state index contributed by atoms with van der Waals surface area (Å²) in [5.41, 5.74) is 0. The van der Waals surface area contributed by atoms with E-state index in [0.717, 1.165) is 7.11 Å². The molecule has 1 N–H and O–H groups in total. The molecule has 0 fully saturated rings. The van der Waals surface area contributed by atoms with Gasteiger partial charge in [0.15, 0.2) is 0 Å². The Morgan fingerprint density at radius 2 is 1.40 bits per heavy atom. The van der Waals surface area contributed by atoms with Crippen molar-refractivity contribution >= 4 is 27.2 Å². The van der Waals surface area contributed by atoms with Gasteiger partial charge in [-0.05, 0) is 0 Å². The van der Waals surface area contributed by atoms with Crippen LogP contribution in [0.1, 0.15) is 0 Å². The van der Waals surface area contributed by atoms with Crippen LogP contribution in [-0.4, -0.2) is 12.2 Å². The predicted molar refractivity (Wildman–Crippen MR) is 26.0 cm³/mol. The van der Waals surface area contributed by atoms with Gasteiger partial charge in [0.25, 0.3) is 0 Å². The van der Waals surface area contributed by atoms with E-state index in [2.05, 4.69) is 27.2 Å². The summed E-state index contributed by atoms with van der Waals surface area (Å²) in [7, 11) is 1.00. The zero-order valence-corrected chi connectivity index (χ0v) is 9.05. The molecule has 0 heterocycles. The normalized spacial score (nSPS) is 3.20. The first-order valence-corrected chi connectivity index (χ1v) is 14.9. The quantitative estimate of drug-likeness (QED) is 0.648. The van der Waals surface area contributed by atoms with Gasteiger partial charge in [0, 0.05) is 7.11 Å². The first kappa shape index (κ1) is 9.74. The van der Waals surface area contributed by atoms with E-state index in [-0.39, 0.29) is 13.2 Å². The number of aliphatic hydroxyl groups is 1. The second-order valence-electron chi connectivity index (χ2n) is 0.101. The van der Waals surface area contributed by atoms with E-state index >= 15 is 0 Å². The Morgan fingerprint density at radius 1 is 1.40 bits per heavy atom. The molecule has 0 aliphatic carbocycles. The van der Waals surface area contributed by atoms with E-state index in [1.807, 2.05) is 0 Å². The first-order valence-electron chi connectivity index (χ1n) is 0.982. The number of hydrogen-bond acceptors (Lipinski definition) is 1. The zero-order valence-electron chi connectivity index (χ0n) is 2.91. The van der Waals surface area contributed by atoms with Crippen molar-refractivity contribution in [1.29, 1.82) is 0 Å². The van der Waals surface area contributed by atoms with Gasteiger partial charge in [-0.3, -0.25) is 0 Å². The van der Waals surface area contributed by atoms with Crippen LogP contribution in [0.15, 0.2) is 0 Å². The molecule has 0 aromatic rings. The summed E-state index contributed by atoms with van der Waals surface area (Å²) >= 11 is 6.25. The molecule has 0 unspecified atom stereocenters. The van der Waals surface area contributed by atoms with Crippen LogP contribution in [-0.2, 0) is 13.2 Å². The van der Waals surface area contributed by atoms with Crippen LogP contribution in [0.25, 0.3) is 0 Å². The van der Waals surface area contributed by atoms with Crippen LogP contribution in [0.3, 0.4) is 0 Å². The molecule has 0 aromatic carbocycles. The predicted octanol–water partition coefficient (Wildman–Crippen LogP) is 1.30. The van der Waals surface area contributed by atoms with Crippen molar-refractivity contribution < 1.29 is 18.3 Å². The van der Waals surface area contributed by atoms with Crippen LogP contribution in [0, 0.1) is 0 Å². The third-order valence-electron chi connectivity index (χ3n) is 0. The van der Waals surface area contributed by atoms with Crippen molar-refractivity contribution in [1.82, 2.24) is 0 Å². The van der Waals surface area contributed by atoms with E-state index < -0.39 is 0 Å². The van der Waals surface area contributed by atoms with Gasteiger partial charge in [0.1, 0.15) is 0 Å². The SMILES string of the molecule is CO.[Br][Zn][Br]. The molecular weight excluding hydrogens is 253 g/mol. The van der Waals surface area contributed by atoms with Crippen molar-refractivity contribution in [3.8, 4) is 0 Å². The maximum atomic E-state index is 7.00. The van der Waals surface area contributed by atoms with Gasteiger partial charge in [-0.1, -0.05) is 0 Å². The van der Waals surface area contributed by atoms with Gasteiger partial charge < -0.3 is 5.11 Å². The second kappa shape index (κ2) is 17.7. The molecule has 0 aliphatic heterocycles. The van der Waals surface area contributed by atoms with Crippen molar-refractivity contribution in [3.05, 3.63) is 0 Å².